The highest BCUT2D eigenvalue weighted by molar-refractivity contribution is 5.01. The van der Waals surface area contributed by atoms with Crippen molar-refractivity contribution < 1.29 is 5.11 Å². The summed E-state index contributed by atoms with van der Waals surface area (Å²) in [7, 11) is 0. The Bertz CT molecular complexity index is 296. The van der Waals surface area contributed by atoms with Crippen LogP contribution >= 0.6 is 0 Å². The van der Waals surface area contributed by atoms with E-state index in [0.29, 0.717) is 6.04 Å². The second-order valence-corrected chi connectivity index (χ2v) is 4.07. The smallest absolute Gasteiger partial charge is 0.0755 e. The Morgan fingerprint density at radius 2 is 2.13 bits per heavy atom. The SMILES string of the molecule is C[C@@H](c1cnccn1)N1CCC(O)CC1. The van der Waals surface area contributed by atoms with Gasteiger partial charge in [-0.05, 0) is 19.8 Å². The van der Waals surface area contributed by atoms with Gasteiger partial charge in [0.25, 0.3) is 0 Å². The highest BCUT2D eigenvalue weighted by Crippen LogP contribution is 2.21. The minimum absolute atomic E-state index is 0.115. The lowest BCUT2D eigenvalue weighted by Crippen LogP contribution is -2.37. The number of piperidine rings is 1. The molecule has 4 nitrogen and oxygen atoms in total. The fraction of sp³-hybridized carbons (Fsp3) is 0.636. The van der Waals surface area contributed by atoms with E-state index in [2.05, 4.69) is 21.8 Å². The van der Waals surface area contributed by atoms with Crippen molar-refractivity contribution in [3.63, 3.8) is 0 Å². The third kappa shape index (κ3) is 2.52. The predicted octanol–water partition coefficient (Wildman–Crippen LogP) is 0.994. The van der Waals surface area contributed by atoms with Crippen molar-refractivity contribution in [2.45, 2.75) is 31.9 Å². The van der Waals surface area contributed by atoms with E-state index in [9.17, 15) is 5.11 Å². The van der Waals surface area contributed by atoms with Gasteiger partial charge in [-0.2, -0.15) is 0 Å². The highest BCUT2D eigenvalue weighted by Gasteiger charge is 2.22. The van der Waals surface area contributed by atoms with Crippen LogP contribution in [-0.2, 0) is 0 Å². The highest BCUT2D eigenvalue weighted by atomic mass is 16.3. The largest absolute Gasteiger partial charge is 0.393 e. The number of aliphatic hydroxyl groups excluding tert-OH is 1. The molecule has 4 heteroatoms. The van der Waals surface area contributed by atoms with Crippen molar-refractivity contribution in [1.29, 1.82) is 0 Å². The second-order valence-electron chi connectivity index (χ2n) is 4.07. The summed E-state index contributed by atoms with van der Waals surface area (Å²) in [4.78, 5) is 10.7. The molecule has 2 rings (SSSR count). The zero-order valence-corrected chi connectivity index (χ0v) is 9.00. The molecule has 1 aliphatic rings. The van der Waals surface area contributed by atoms with E-state index in [4.69, 9.17) is 0 Å². The number of aromatic nitrogens is 2. The second kappa shape index (κ2) is 4.68. The molecule has 0 bridgehead atoms. The molecule has 1 fully saturated rings. The number of rotatable bonds is 2. The van der Waals surface area contributed by atoms with Crippen molar-refractivity contribution in [3.8, 4) is 0 Å². The van der Waals surface area contributed by atoms with Gasteiger partial charge < -0.3 is 5.11 Å². The summed E-state index contributed by atoms with van der Waals surface area (Å²) in [5, 5.41) is 9.42. The number of likely N-dealkylation sites (tertiary alicyclic amines) is 1. The van der Waals surface area contributed by atoms with Crippen molar-refractivity contribution >= 4 is 0 Å². The molecule has 0 amide bonds. The Morgan fingerprint density at radius 1 is 1.40 bits per heavy atom. The van der Waals surface area contributed by atoms with E-state index in [1.54, 1.807) is 12.4 Å². The van der Waals surface area contributed by atoms with Gasteiger partial charge in [-0.3, -0.25) is 14.9 Å². The van der Waals surface area contributed by atoms with Crippen molar-refractivity contribution in [2.75, 3.05) is 13.1 Å². The summed E-state index contributed by atoms with van der Waals surface area (Å²) in [5.74, 6) is 0. The summed E-state index contributed by atoms with van der Waals surface area (Å²) >= 11 is 0. The first kappa shape index (κ1) is 10.5. The summed E-state index contributed by atoms with van der Waals surface area (Å²) in [6, 6.07) is 0.297. The average molecular weight is 207 g/mol. The van der Waals surface area contributed by atoms with Gasteiger partial charge >= 0.3 is 0 Å². The molecule has 0 radical (unpaired) electrons. The molecule has 0 saturated carbocycles. The van der Waals surface area contributed by atoms with Crippen LogP contribution in [0.1, 0.15) is 31.5 Å². The molecule has 82 valence electrons. The molecule has 0 aromatic carbocycles. The minimum atomic E-state index is -0.115. The summed E-state index contributed by atoms with van der Waals surface area (Å²) in [5.41, 5.74) is 1.01. The molecular formula is C11H17N3O. The van der Waals surface area contributed by atoms with Crippen LogP contribution in [-0.4, -0.2) is 39.2 Å². The van der Waals surface area contributed by atoms with Crippen LogP contribution in [0.3, 0.4) is 0 Å². The molecule has 1 N–H and O–H groups in total. The molecular weight excluding hydrogens is 190 g/mol. The van der Waals surface area contributed by atoms with Gasteiger partial charge in [0.05, 0.1) is 17.8 Å². The van der Waals surface area contributed by atoms with Crippen molar-refractivity contribution in [3.05, 3.63) is 24.3 Å². The molecule has 0 spiro atoms. The molecule has 1 atom stereocenters. The quantitative estimate of drug-likeness (QED) is 0.786. The molecule has 1 aliphatic heterocycles. The van der Waals surface area contributed by atoms with E-state index in [-0.39, 0.29) is 6.10 Å². The lowest BCUT2D eigenvalue weighted by atomic mass is 10.1. The topological polar surface area (TPSA) is 49.2 Å². The Labute approximate surface area is 90.0 Å². The van der Waals surface area contributed by atoms with Gasteiger partial charge in [-0.1, -0.05) is 0 Å². The van der Waals surface area contributed by atoms with Crippen LogP contribution in [0.25, 0.3) is 0 Å². The van der Waals surface area contributed by atoms with Gasteiger partial charge in [0.1, 0.15) is 0 Å². The van der Waals surface area contributed by atoms with Crippen LogP contribution in [0.2, 0.25) is 0 Å². The minimum Gasteiger partial charge on any atom is -0.393 e. The van der Waals surface area contributed by atoms with Crippen LogP contribution in [0, 0.1) is 0 Å². The Hall–Kier alpha value is -1.00. The first-order valence-electron chi connectivity index (χ1n) is 5.45. The summed E-state index contributed by atoms with van der Waals surface area (Å²) < 4.78 is 0. The lowest BCUT2D eigenvalue weighted by Gasteiger charge is -2.33. The van der Waals surface area contributed by atoms with Crippen LogP contribution in [0.4, 0.5) is 0 Å². The maximum absolute atomic E-state index is 9.42. The summed E-state index contributed by atoms with van der Waals surface area (Å²) in [6.45, 7) is 4.03. The number of nitrogens with zero attached hydrogens (tertiary/aromatic N) is 3. The monoisotopic (exact) mass is 207 g/mol. The maximum Gasteiger partial charge on any atom is 0.0755 e. The Balaban J connectivity index is 1.99. The standard InChI is InChI=1S/C11H17N3O/c1-9(11-8-12-4-5-13-11)14-6-2-10(15)3-7-14/h4-5,8-10,15H,2-3,6-7H2,1H3/t9-/m0/s1. The Morgan fingerprint density at radius 3 is 2.73 bits per heavy atom. The first-order valence-corrected chi connectivity index (χ1v) is 5.45. The van der Waals surface area contributed by atoms with Crippen LogP contribution in [0.5, 0.6) is 0 Å². The summed E-state index contributed by atoms with van der Waals surface area (Å²) in [6.07, 6.45) is 6.85. The fourth-order valence-corrected chi connectivity index (χ4v) is 1.99. The van der Waals surface area contributed by atoms with Gasteiger partial charge in [-0.25, -0.2) is 0 Å². The molecule has 1 saturated heterocycles. The average Bonchev–Trinajstić information content (AvgIpc) is 2.30. The zero-order valence-electron chi connectivity index (χ0n) is 9.00. The fourth-order valence-electron chi connectivity index (χ4n) is 1.99. The van der Waals surface area contributed by atoms with E-state index in [0.717, 1.165) is 31.6 Å². The number of hydrogen-bond acceptors (Lipinski definition) is 4. The lowest BCUT2D eigenvalue weighted by molar-refractivity contribution is 0.0635. The molecule has 0 aliphatic carbocycles. The third-order valence-corrected chi connectivity index (χ3v) is 3.06. The van der Waals surface area contributed by atoms with Gasteiger partial charge in [0.15, 0.2) is 0 Å². The van der Waals surface area contributed by atoms with Gasteiger partial charge in [0, 0.05) is 31.7 Å². The molecule has 0 unspecified atom stereocenters. The zero-order chi connectivity index (χ0) is 10.7. The van der Waals surface area contributed by atoms with E-state index in [1.807, 2.05) is 6.20 Å². The van der Waals surface area contributed by atoms with Crippen molar-refractivity contribution in [2.24, 2.45) is 0 Å². The molecule has 15 heavy (non-hydrogen) atoms. The molecule has 2 heterocycles. The van der Waals surface area contributed by atoms with Crippen LogP contribution in [0.15, 0.2) is 18.6 Å². The molecule has 1 aromatic heterocycles. The van der Waals surface area contributed by atoms with Crippen LogP contribution < -0.4 is 0 Å². The third-order valence-electron chi connectivity index (χ3n) is 3.06. The first-order chi connectivity index (χ1) is 7.27. The van der Waals surface area contributed by atoms with Crippen molar-refractivity contribution in [1.82, 2.24) is 14.9 Å². The Kier molecular flexibility index (Phi) is 3.28. The van der Waals surface area contributed by atoms with E-state index < -0.39 is 0 Å². The normalized spacial score (nSPS) is 21.5. The maximum atomic E-state index is 9.42. The van der Waals surface area contributed by atoms with Gasteiger partial charge in [0.2, 0.25) is 0 Å². The molecule has 1 aromatic rings. The van der Waals surface area contributed by atoms with E-state index >= 15 is 0 Å². The predicted molar refractivity (Wildman–Crippen MR) is 57.3 cm³/mol. The number of aliphatic hydroxyl groups is 1. The number of hydrogen-bond donors (Lipinski definition) is 1. The van der Waals surface area contributed by atoms with E-state index in [1.165, 1.54) is 0 Å². The van der Waals surface area contributed by atoms with Gasteiger partial charge in [-0.15, -0.1) is 0 Å².